The van der Waals surface area contributed by atoms with Crippen LogP contribution in [0.15, 0.2) is 23.2 Å². The maximum absolute atomic E-state index is 11.8. The fourth-order valence-electron chi connectivity index (χ4n) is 2.80. The molecule has 1 aromatic carbocycles. The number of aliphatic imine (C=N–C) groups is 1. The van der Waals surface area contributed by atoms with E-state index in [4.69, 9.17) is 9.47 Å². The van der Waals surface area contributed by atoms with Crippen LogP contribution in [0.4, 0.5) is 0 Å². The van der Waals surface area contributed by atoms with Crippen LogP contribution in [0.2, 0.25) is 0 Å². The predicted molar refractivity (Wildman–Crippen MR) is 116 cm³/mol. The SMILES string of the molecule is CCNC(=NCc1ccc(C)cc1OCCCOC)NCCCC(=O)NC1CC1. The lowest BCUT2D eigenvalue weighted by molar-refractivity contribution is -0.121. The quantitative estimate of drug-likeness (QED) is 0.267. The molecular weight excluding hydrogens is 368 g/mol. The molecule has 1 saturated carbocycles. The molecule has 0 aromatic heterocycles. The summed E-state index contributed by atoms with van der Waals surface area (Å²) in [6.45, 7) is 7.41. The largest absolute Gasteiger partial charge is 0.493 e. The van der Waals surface area contributed by atoms with Crippen molar-refractivity contribution in [3.05, 3.63) is 29.3 Å². The van der Waals surface area contributed by atoms with E-state index in [-0.39, 0.29) is 5.91 Å². The number of carbonyl (C=O) groups is 1. The van der Waals surface area contributed by atoms with Crippen molar-refractivity contribution in [3.8, 4) is 5.75 Å². The Kier molecular flexibility index (Phi) is 10.3. The van der Waals surface area contributed by atoms with Gasteiger partial charge in [-0.25, -0.2) is 4.99 Å². The highest BCUT2D eigenvalue weighted by molar-refractivity contribution is 5.80. The van der Waals surface area contributed by atoms with E-state index in [1.54, 1.807) is 7.11 Å². The monoisotopic (exact) mass is 404 g/mol. The molecule has 1 fully saturated rings. The number of hydrogen-bond acceptors (Lipinski definition) is 4. The van der Waals surface area contributed by atoms with E-state index in [9.17, 15) is 4.79 Å². The lowest BCUT2D eigenvalue weighted by Crippen LogP contribution is -2.38. The minimum atomic E-state index is 0.145. The third-order valence-electron chi connectivity index (χ3n) is 4.54. The van der Waals surface area contributed by atoms with Crippen molar-refractivity contribution in [2.45, 2.75) is 58.5 Å². The van der Waals surface area contributed by atoms with E-state index in [1.165, 1.54) is 0 Å². The van der Waals surface area contributed by atoms with E-state index >= 15 is 0 Å². The van der Waals surface area contributed by atoms with Gasteiger partial charge < -0.3 is 25.4 Å². The standard InChI is InChI=1S/C22H36N4O3/c1-4-23-22(24-12-5-7-21(27)26-19-10-11-19)25-16-18-9-8-17(2)15-20(18)29-14-6-13-28-3/h8-9,15,19H,4-7,10-14,16H2,1-3H3,(H,26,27)(H2,23,24,25). The first-order valence-electron chi connectivity index (χ1n) is 10.6. The lowest BCUT2D eigenvalue weighted by Gasteiger charge is -2.14. The van der Waals surface area contributed by atoms with Crippen molar-refractivity contribution in [2.24, 2.45) is 4.99 Å². The molecule has 1 amide bonds. The topological polar surface area (TPSA) is 84.0 Å². The van der Waals surface area contributed by atoms with Gasteiger partial charge in [0.2, 0.25) is 5.91 Å². The summed E-state index contributed by atoms with van der Waals surface area (Å²) < 4.78 is 11.0. The van der Waals surface area contributed by atoms with Gasteiger partial charge in [0.05, 0.1) is 13.2 Å². The Balaban J connectivity index is 1.83. The molecule has 7 heteroatoms. The molecule has 0 unspecified atom stereocenters. The van der Waals surface area contributed by atoms with Crippen LogP contribution in [0, 0.1) is 6.92 Å². The van der Waals surface area contributed by atoms with Gasteiger partial charge in [0.1, 0.15) is 5.75 Å². The maximum Gasteiger partial charge on any atom is 0.220 e. The van der Waals surface area contributed by atoms with E-state index in [0.29, 0.717) is 38.8 Å². The summed E-state index contributed by atoms with van der Waals surface area (Å²) in [5.41, 5.74) is 2.21. The Morgan fingerprint density at radius 3 is 2.76 bits per heavy atom. The van der Waals surface area contributed by atoms with Crippen LogP contribution in [-0.2, 0) is 16.1 Å². The zero-order chi connectivity index (χ0) is 20.9. The number of nitrogens with one attached hydrogen (secondary N) is 3. The van der Waals surface area contributed by atoms with Crippen molar-refractivity contribution >= 4 is 11.9 Å². The summed E-state index contributed by atoms with van der Waals surface area (Å²) >= 11 is 0. The molecule has 0 radical (unpaired) electrons. The van der Waals surface area contributed by atoms with Gasteiger partial charge in [0.15, 0.2) is 5.96 Å². The lowest BCUT2D eigenvalue weighted by atomic mass is 10.1. The average Bonchev–Trinajstić information content (AvgIpc) is 3.51. The summed E-state index contributed by atoms with van der Waals surface area (Å²) in [5, 5.41) is 9.58. The first-order valence-corrected chi connectivity index (χ1v) is 10.6. The highest BCUT2D eigenvalue weighted by atomic mass is 16.5. The van der Waals surface area contributed by atoms with Crippen molar-refractivity contribution < 1.29 is 14.3 Å². The summed E-state index contributed by atoms with van der Waals surface area (Å²) in [5.74, 6) is 1.77. The number of rotatable bonds is 13. The number of ether oxygens (including phenoxy) is 2. The van der Waals surface area contributed by atoms with Gasteiger partial charge in [-0.05, 0) is 44.7 Å². The molecule has 1 aliphatic rings. The second-order valence-corrected chi connectivity index (χ2v) is 7.37. The molecule has 29 heavy (non-hydrogen) atoms. The van der Waals surface area contributed by atoms with Crippen LogP contribution < -0.4 is 20.7 Å². The molecule has 2 rings (SSSR count). The first-order chi connectivity index (χ1) is 14.1. The highest BCUT2D eigenvalue weighted by Crippen LogP contribution is 2.21. The van der Waals surface area contributed by atoms with Crippen molar-refractivity contribution in [3.63, 3.8) is 0 Å². The first kappa shape index (κ1) is 23.0. The van der Waals surface area contributed by atoms with Crippen LogP contribution in [0.3, 0.4) is 0 Å². The van der Waals surface area contributed by atoms with Crippen LogP contribution >= 0.6 is 0 Å². The van der Waals surface area contributed by atoms with Crippen molar-refractivity contribution in [1.29, 1.82) is 0 Å². The fraction of sp³-hybridized carbons (Fsp3) is 0.636. The number of hydrogen-bond donors (Lipinski definition) is 3. The molecule has 0 aliphatic heterocycles. The Morgan fingerprint density at radius 2 is 2.03 bits per heavy atom. The van der Waals surface area contributed by atoms with Crippen LogP contribution in [0.25, 0.3) is 0 Å². The third-order valence-corrected chi connectivity index (χ3v) is 4.54. The molecule has 0 bridgehead atoms. The van der Waals surface area contributed by atoms with Gasteiger partial charge in [-0.3, -0.25) is 4.79 Å². The molecule has 162 valence electrons. The summed E-state index contributed by atoms with van der Waals surface area (Å²) in [7, 11) is 1.70. The highest BCUT2D eigenvalue weighted by Gasteiger charge is 2.22. The number of guanidine groups is 1. The van der Waals surface area contributed by atoms with Gasteiger partial charge in [-0.1, -0.05) is 12.1 Å². The number of benzene rings is 1. The Morgan fingerprint density at radius 1 is 1.21 bits per heavy atom. The number of amides is 1. The van der Waals surface area contributed by atoms with Gasteiger partial charge in [0.25, 0.3) is 0 Å². The zero-order valence-electron chi connectivity index (χ0n) is 18.1. The van der Waals surface area contributed by atoms with Gasteiger partial charge in [-0.2, -0.15) is 0 Å². The molecule has 0 spiro atoms. The Hall–Kier alpha value is -2.28. The number of carbonyl (C=O) groups excluding carboxylic acids is 1. The second kappa shape index (κ2) is 13.0. The van der Waals surface area contributed by atoms with Crippen molar-refractivity contribution in [2.75, 3.05) is 33.4 Å². The summed E-state index contributed by atoms with van der Waals surface area (Å²) in [6.07, 6.45) is 4.42. The minimum absolute atomic E-state index is 0.145. The van der Waals surface area contributed by atoms with E-state index in [1.807, 2.05) is 6.92 Å². The second-order valence-electron chi connectivity index (χ2n) is 7.37. The van der Waals surface area contributed by atoms with E-state index in [0.717, 1.165) is 55.1 Å². The minimum Gasteiger partial charge on any atom is -0.493 e. The Bertz CT molecular complexity index is 659. The van der Waals surface area contributed by atoms with Gasteiger partial charge in [-0.15, -0.1) is 0 Å². The molecule has 3 N–H and O–H groups in total. The molecule has 7 nitrogen and oxygen atoms in total. The molecule has 1 aromatic rings. The molecule has 1 aliphatic carbocycles. The fourth-order valence-corrected chi connectivity index (χ4v) is 2.80. The van der Waals surface area contributed by atoms with E-state index in [2.05, 4.69) is 46.1 Å². The average molecular weight is 405 g/mol. The molecule has 0 saturated heterocycles. The van der Waals surface area contributed by atoms with Gasteiger partial charge in [0, 0.05) is 51.3 Å². The predicted octanol–water partition coefficient (Wildman–Crippen LogP) is 2.52. The zero-order valence-corrected chi connectivity index (χ0v) is 18.1. The molecule has 0 atom stereocenters. The normalized spacial score (nSPS) is 13.8. The number of nitrogens with zero attached hydrogens (tertiary/aromatic N) is 1. The van der Waals surface area contributed by atoms with Crippen LogP contribution in [0.1, 0.15) is 50.2 Å². The smallest absolute Gasteiger partial charge is 0.220 e. The summed E-state index contributed by atoms with van der Waals surface area (Å²) in [4.78, 5) is 16.4. The van der Waals surface area contributed by atoms with Crippen LogP contribution in [-0.4, -0.2) is 51.3 Å². The number of aryl methyl sites for hydroxylation is 1. The maximum atomic E-state index is 11.8. The van der Waals surface area contributed by atoms with Gasteiger partial charge >= 0.3 is 0 Å². The Labute approximate surface area is 174 Å². The summed E-state index contributed by atoms with van der Waals surface area (Å²) in [6, 6.07) is 6.62. The molecular formula is C22H36N4O3. The number of methoxy groups -OCH3 is 1. The molecule has 0 heterocycles. The third kappa shape index (κ3) is 9.65. The van der Waals surface area contributed by atoms with Crippen molar-refractivity contribution in [1.82, 2.24) is 16.0 Å². The van der Waals surface area contributed by atoms with Crippen LogP contribution in [0.5, 0.6) is 5.75 Å². The van der Waals surface area contributed by atoms with E-state index < -0.39 is 0 Å².